The molecule has 0 bridgehead atoms. The highest BCUT2D eigenvalue weighted by Crippen LogP contribution is 2.53. The summed E-state index contributed by atoms with van der Waals surface area (Å²) in [5.74, 6) is -2.66. The molecule has 10 heterocycles. The van der Waals surface area contributed by atoms with Crippen molar-refractivity contribution < 1.29 is 36.5 Å². The summed E-state index contributed by atoms with van der Waals surface area (Å²) >= 11 is 6.21. The van der Waals surface area contributed by atoms with Gasteiger partial charge in [-0.15, -0.1) is 0 Å². The molecule has 12 nitrogen and oxygen atoms in total. The van der Waals surface area contributed by atoms with E-state index in [1.807, 2.05) is 31.2 Å². The third-order valence-corrected chi connectivity index (χ3v) is 17.1. The molecule has 17 heteroatoms. The van der Waals surface area contributed by atoms with Crippen molar-refractivity contribution in [3.63, 3.8) is 0 Å². The molecule has 2 spiro atoms. The molecule has 8 aromatic rings. The monoisotopic (exact) mass is 1090 g/mol. The Labute approximate surface area is 461 Å². The van der Waals surface area contributed by atoms with Crippen molar-refractivity contribution in [1.29, 1.82) is 0 Å². The zero-order chi connectivity index (χ0) is 54.3. The molecule has 4 aromatic heterocycles. The van der Waals surface area contributed by atoms with Gasteiger partial charge in [0.1, 0.15) is 23.3 Å². The molecule has 408 valence electrons. The number of halogens is 5. The highest BCUT2D eigenvalue weighted by atomic mass is 35.5. The first-order valence-electron chi connectivity index (χ1n) is 27.2. The van der Waals surface area contributed by atoms with Crippen LogP contribution in [0.25, 0.3) is 44.6 Å². The zero-order valence-electron chi connectivity index (χ0n) is 44.3. The molecular formula is C62H61ClF4N8O4. The van der Waals surface area contributed by atoms with E-state index >= 15 is 4.39 Å². The number of nitrogens with zero attached hydrogens (tertiary/aromatic N) is 7. The lowest BCUT2D eigenvalue weighted by Crippen LogP contribution is -2.37. The van der Waals surface area contributed by atoms with E-state index < -0.39 is 23.3 Å². The maximum atomic E-state index is 15.7. The molecule has 79 heavy (non-hydrogen) atoms. The smallest absolute Gasteiger partial charge is 0.137 e. The van der Waals surface area contributed by atoms with Crippen LogP contribution in [0, 0.1) is 37.1 Å². The van der Waals surface area contributed by atoms with E-state index in [-0.39, 0.29) is 26.9 Å². The largest absolute Gasteiger partial charge is 0.384 e. The second-order valence-corrected chi connectivity index (χ2v) is 21.6. The lowest BCUT2D eigenvalue weighted by molar-refractivity contribution is 0.0558. The summed E-state index contributed by atoms with van der Waals surface area (Å²) in [6, 6.07) is 28.9. The van der Waals surface area contributed by atoms with Gasteiger partial charge < -0.3 is 39.0 Å². The number of pyridine rings is 4. The first-order valence-corrected chi connectivity index (χ1v) is 27.6. The summed E-state index contributed by atoms with van der Waals surface area (Å²) in [4.78, 5) is 24.8. The van der Waals surface area contributed by atoms with Gasteiger partial charge in [0, 0.05) is 141 Å². The van der Waals surface area contributed by atoms with Crippen molar-refractivity contribution >= 4 is 61.8 Å². The van der Waals surface area contributed by atoms with E-state index in [0.717, 1.165) is 126 Å². The molecule has 0 radical (unpaired) electrons. The maximum Gasteiger partial charge on any atom is 0.137 e. The first-order chi connectivity index (χ1) is 38.5. The van der Waals surface area contributed by atoms with Crippen molar-refractivity contribution in [2.24, 2.45) is 0 Å². The second kappa shape index (κ2) is 22.3. The van der Waals surface area contributed by atoms with Gasteiger partial charge in [0.05, 0.1) is 81.7 Å². The Kier molecular flexibility index (Phi) is 14.9. The second-order valence-electron chi connectivity index (χ2n) is 21.2. The molecule has 4 saturated heterocycles. The fourth-order valence-corrected chi connectivity index (χ4v) is 12.7. The molecule has 0 amide bonds. The minimum Gasteiger partial charge on any atom is -0.384 e. The quantitative estimate of drug-likeness (QED) is 0.166. The van der Waals surface area contributed by atoms with Crippen LogP contribution in [-0.4, -0.2) is 112 Å². The Morgan fingerprint density at radius 2 is 1.05 bits per heavy atom. The van der Waals surface area contributed by atoms with E-state index in [0.29, 0.717) is 72.1 Å². The molecule has 4 aromatic carbocycles. The summed E-state index contributed by atoms with van der Waals surface area (Å²) in [5, 5.41) is 4.32. The van der Waals surface area contributed by atoms with E-state index in [9.17, 15) is 13.2 Å². The fourth-order valence-electron chi connectivity index (χ4n) is 12.4. The van der Waals surface area contributed by atoms with Crippen molar-refractivity contribution in [3.05, 3.63) is 160 Å². The molecule has 6 aliphatic heterocycles. The van der Waals surface area contributed by atoms with E-state index in [1.54, 1.807) is 31.5 Å². The molecule has 0 unspecified atom stereocenters. The van der Waals surface area contributed by atoms with Crippen LogP contribution in [0.2, 0.25) is 5.02 Å². The normalized spacial score (nSPS) is 18.2. The number of morpholine rings is 2. The van der Waals surface area contributed by atoms with Crippen LogP contribution in [0.3, 0.4) is 0 Å². The lowest BCUT2D eigenvalue weighted by Gasteiger charge is -2.35. The van der Waals surface area contributed by atoms with Crippen LogP contribution in [0.15, 0.2) is 109 Å². The average molecular weight is 1090 g/mol. The molecule has 0 aliphatic carbocycles. The highest BCUT2D eigenvalue weighted by Gasteiger charge is 2.46. The van der Waals surface area contributed by atoms with Crippen LogP contribution in [0.5, 0.6) is 0 Å². The Hall–Kier alpha value is -6.95. The molecule has 0 saturated carbocycles. The number of nitrogens with one attached hydrogen (secondary N) is 1. The molecular weight excluding hydrogens is 1030 g/mol. The van der Waals surface area contributed by atoms with E-state index in [4.69, 9.17) is 35.5 Å². The number of anilines is 5. The van der Waals surface area contributed by atoms with Gasteiger partial charge in [0.25, 0.3) is 0 Å². The van der Waals surface area contributed by atoms with Crippen LogP contribution in [0.1, 0.15) is 47.9 Å². The summed E-state index contributed by atoms with van der Waals surface area (Å²) in [6.45, 7) is 15.3. The van der Waals surface area contributed by atoms with Crippen molar-refractivity contribution in [3.8, 4) is 22.8 Å². The number of hydrogen-bond donors (Lipinski definition) is 1. The highest BCUT2D eigenvalue weighted by molar-refractivity contribution is 6.36. The minimum atomic E-state index is -0.715. The van der Waals surface area contributed by atoms with Crippen molar-refractivity contribution in [1.82, 2.24) is 19.9 Å². The van der Waals surface area contributed by atoms with Crippen LogP contribution in [0.4, 0.5) is 46.0 Å². The van der Waals surface area contributed by atoms with Gasteiger partial charge in [0.2, 0.25) is 0 Å². The van der Waals surface area contributed by atoms with E-state index in [1.165, 1.54) is 28.6 Å². The summed E-state index contributed by atoms with van der Waals surface area (Å²) in [7, 11) is 0. The maximum absolute atomic E-state index is 15.7. The number of benzene rings is 4. The summed E-state index contributed by atoms with van der Waals surface area (Å²) in [5.41, 5.74) is 12.9. The molecule has 0 atom stereocenters. The van der Waals surface area contributed by atoms with Gasteiger partial charge in [0.15, 0.2) is 0 Å². The first kappa shape index (κ1) is 52.7. The third-order valence-electron chi connectivity index (χ3n) is 16.6. The third kappa shape index (κ3) is 10.2. The zero-order valence-corrected chi connectivity index (χ0v) is 45.0. The minimum absolute atomic E-state index is 0.110. The van der Waals surface area contributed by atoms with E-state index in [2.05, 4.69) is 71.4 Å². The van der Waals surface area contributed by atoms with Gasteiger partial charge >= 0.3 is 0 Å². The molecule has 14 rings (SSSR count). The van der Waals surface area contributed by atoms with Gasteiger partial charge in [-0.3, -0.25) is 9.97 Å². The number of hydrogen-bond acceptors (Lipinski definition) is 12. The van der Waals surface area contributed by atoms with Gasteiger partial charge in [-0.2, -0.15) is 0 Å². The number of aromatic nitrogens is 4. The average Bonchev–Trinajstić information content (AvgIpc) is 4.21. The Balaban J connectivity index is 0.000000131. The topological polar surface area (TPSA) is 110 Å². The Bertz CT molecular complexity index is 3540. The predicted molar refractivity (Wildman–Crippen MR) is 302 cm³/mol. The van der Waals surface area contributed by atoms with Gasteiger partial charge in [-0.1, -0.05) is 35.9 Å². The number of ether oxygens (including phenoxy) is 4. The predicted octanol–water partition coefficient (Wildman–Crippen LogP) is 12.5. The Morgan fingerprint density at radius 3 is 1.62 bits per heavy atom. The molecule has 6 aliphatic rings. The number of fused-ring (bicyclic) bond motifs is 6. The van der Waals surface area contributed by atoms with Crippen molar-refractivity contribution in [2.75, 3.05) is 112 Å². The molecule has 1 N–H and O–H groups in total. The van der Waals surface area contributed by atoms with Gasteiger partial charge in [-0.05, 0) is 105 Å². The standard InChI is InChI=1S/C31H30F2N4O2.C16H22N2O2.C15H9ClF2N2/c1-20-29(25-4-2-3-9-34-25)35-26-17-21(32)16-24(33)28(26)30(20)37-19-31(7-12-38-13-8-31)23-6-5-22(18-27(23)37)36-10-14-39-15-11-36;1-2-14-15(11-13(1)18-5-9-20-10-6-18)17-12-16(14)3-7-19-8-4-16;1-8-14(16)13-10(18)6-9(17)7-12(13)20-15(8)11-4-2-3-5-19-11/h2-6,9,16-18H,7-8,10-15,19H2,1H3;1-2,11,17H,3-10,12H2;2-7H,1H3. The van der Waals surface area contributed by atoms with Crippen LogP contribution >= 0.6 is 11.6 Å². The van der Waals surface area contributed by atoms with Crippen LogP contribution < -0.4 is 20.0 Å². The number of rotatable bonds is 5. The fraction of sp³-hybridized carbons (Fsp3) is 0.355. The summed E-state index contributed by atoms with van der Waals surface area (Å²) < 4.78 is 79.7. The lowest BCUT2D eigenvalue weighted by atomic mass is 9.76. The van der Waals surface area contributed by atoms with Crippen molar-refractivity contribution in [2.45, 2.75) is 50.4 Å². The van der Waals surface area contributed by atoms with Crippen LogP contribution in [-0.2, 0) is 29.8 Å². The summed E-state index contributed by atoms with van der Waals surface area (Å²) in [6.07, 6.45) is 7.40. The SMILES string of the molecule is Cc1c(-c2ccccn2)nc2cc(F)cc(F)c2c1Cl.Cc1c(-c2ccccn2)nc2cc(F)cc(F)c2c1N1CC2(CCOCC2)c2ccc(N3CCOCC3)cc21.c1cc2c(cc1N1CCOCC1)NCC21CCOCC1. The van der Waals surface area contributed by atoms with Gasteiger partial charge in [-0.25, -0.2) is 27.5 Å². The Morgan fingerprint density at radius 1 is 0.544 bits per heavy atom. The molecule has 4 fully saturated rings.